The second kappa shape index (κ2) is 4.55. The molecule has 3 N–H and O–H groups in total. The third-order valence-electron chi connectivity index (χ3n) is 2.73. The van der Waals surface area contributed by atoms with Gasteiger partial charge in [-0.05, 0) is 13.0 Å². The van der Waals surface area contributed by atoms with Gasteiger partial charge in [0.1, 0.15) is 8.82 Å². The lowest BCUT2D eigenvalue weighted by Gasteiger charge is -2.23. The summed E-state index contributed by atoms with van der Waals surface area (Å²) >= 11 is 0.800. The molecule has 0 aliphatic carbocycles. The van der Waals surface area contributed by atoms with Gasteiger partial charge in [-0.3, -0.25) is 0 Å². The summed E-state index contributed by atoms with van der Waals surface area (Å²) in [5, 5.41) is 8.14. The van der Waals surface area contributed by atoms with Crippen LogP contribution in [0.1, 0.15) is 13.3 Å². The van der Waals surface area contributed by atoms with E-state index in [-0.39, 0.29) is 9.99 Å². The number of rotatable bonds is 3. The first-order chi connectivity index (χ1) is 8.25. The topological polar surface area (TPSA) is 106 Å². The van der Waals surface area contributed by atoms with Crippen LogP contribution < -0.4 is 10.5 Å². The van der Waals surface area contributed by atoms with E-state index < -0.39 is 24.4 Å². The van der Waals surface area contributed by atoms with E-state index >= 15 is 0 Å². The first kappa shape index (κ1) is 13.9. The highest BCUT2D eigenvalue weighted by Crippen LogP contribution is 2.45. The van der Waals surface area contributed by atoms with Crippen molar-refractivity contribution < 1.29 is 16.8 Å². The van der Waals surface area contributed by atoms with Gasteiger partial charge < -0.3 is 5.32 Å². The Morgan fingerprint density at radius 1 is 1.56 bits per heavy atom. The van der Waals surface area contributed by atoms with Gasteiger partial charge in [-0.1, -0.05) is 11.8 Å². The minimum absolute atomic E-state index is 0.0300. The van der Waals surface area contributed by atoms with Gasteiger partial charge in [0.05, 0.1) is 5.75 Å². The summed E-state index contributed by atoms with van der Waals surface area (Å²) in [4.78, 5) is 0. The minimum Gasteiger partial charge on any atom is -0.388 e. The molecule has 1 unspecified atom stereocenters. The third-order valence-corrected chi connectivity index (χ3v) is 8.06. The first-order valence-electron chi connectivity index (χ1n) is 5.35. The van der Waals surface area contributed by atoms with Gasteiger partial charge in [0.2, 0.25) is 10.0 Å². The molecule has 0 saturated heterocycles. The molecule has 0 aromatic heterocycles. The standard InChI is InChI=1S/C9H14N2O4S3/c1-2-11-7-3-4-17(12,13)9-6(7)5-8(16-9)18(10,14)15/h5,9,11H,2-4H2,1H3,(H2,10,14,15). The maximum Gasteiger partial charge on any atom is 0.244 e. The quantitative estimate of drug-likeness (QED) is 0.752. The van der Waals surface area contributed by atoms with E-state index in [1.165, 1.54) is 6.08 Å². The Morgan fingerprint density at radius 3 is 2.78 bits per heavy atom. The van der Waals surface area contributed by atoms with Crippen LogP contribution in [0, 0.1) is 0 Å². The summed E-state index contributed by atoms with van der Waals surface area (Å²) in [6.07, 6.45) is 1.76. The molecule has 0 fully saturated rings. The molecule has 0 amide bonds. The van der Waals surface area contributed by atoms with Gasteiger partial charge >= 0.3 is 0 Å². The smallest absolute Gasteiger partial charge is 0.244 e. The molecule has 2 rings (SSSR count). The van der Waals surface area contributed by atoms with Crippen molar-refractivity contribution >= 4 is 31.6 Å². The summed E-state index contributed by atoms with van der Waals surface area (Å²) in [6, 6.07) is 0. The largest absolute Gasteiger partial charge is 0.388 e. The van der Waals surface area contributed by atoms with E-state index in [4.69, 9.17) is 5.14 Å². The summed E-state index contributed by atoms with van der Waals surface area (Å²) in [5.74, 6) is 0.0300. The van der Waals surface area contributed by atoms with Gasteiger partial charge in [0.25, 0.3) is 0 Å². The lowest BCUT2D eigenvalue weighted by Crippen LogP contribution is -2.31. The molecule has 0 radical (unpaired) electrons. The highest BCUT2D eigenvalue weighted by molar-refractivity contribution is 8.24. The predicted octanol–water partition coefficient (Wildman–Crippen LogP) is -0.129. The molecule has 2 aliphatic rings. The number of allylic oxidation sites excluding steroid dienone is 2. The maximum atomic E-state index is 11.9. The molecule has 0 aromatic rings. The van der Waals surface area contributed by atoms with E-state index in [1.54, 1.807) is 0 Å². The Hall–Kier alpha value is -0.510. The molecule has 0 saturated carbocycles. The lowest BCUT2D eigenvalue weighted by molar-refractivity contribution is 0.590. The van der Waals surface area contributed by atoms with E-state index in [1.807, 2.05) is 6.92 Å². The van der Waals surface area contributed by atoms with Crippen LogP contribution in [0.25, 0.3) is 0 Å². The zero-order chi connectivity index (χ0) is 13.6. The van der Waals surface area contributed by atoms with Crippen molar-refractivity contribution in [2.75, 3.05) is 12.3 Å². The van der Waals surface area contributed by atoms with Crippen molar-refractivity contribution in [3.63, 3.8) is 0 Å². The molecule has 6 nitrogen and oxygen atoms in total. The molecule has 0 bridgehead atoms. The molecule has 0 aromatic carbocycles. The van der Waals surface area contributed by atoms with Gasteiger partial charge in [-0.15, -0.1) is 0 Å². The number of nitrogens with two attached hydrogens (primary N) is 1. The molecular formula is C9H14N2O4S3. The fourth-order valence-electron chi connectivity index (χ4n) is 1.94. The molecule has 102 valence electrons. The maximum absolute atomic E-state index is 11.9. The van der Waals surface area contributed by atoms with Crippen molar-refractivity contribution in [1.29, 1.82) is 0 Å². The van der Waals surface area contributed by atoms with Crippen LogP contribution in [0.5, 0.6) is 0 Å². The van der Waals surface area contributed by atoms with Crippen molar-refractivity contribution in [2.45, 2.75) is 17.9 Å². The highest BCUT2D eigenvalue weighted by atomic mass is 32.3. The summed E-state index contributed by atoms with van der Waals surface area (Å²) < 4.78 is 45.6. The van der Waals surface area contributed by atoms with Crippen LogP contribution in [0.15, 0.2) is 21.6 Å². The minimum atomic E-state index is -3.85. The van der Waals surface area contributed by atoms with E-state index in [0.717, 1.165) is 17.5 Å². The highest BCUT2D eigenvalue weighted by Gasteiger charge is 2.41. The fourth-order valence-corrected chi connectivity index (χ4v) is 6.47. The van der Waals surface area contributed by atoms with Crippen molar-refractivity contribution in [2.24, 2.45) is 5.14 Å². The lowest BCUT2D eigenvalue weighted by atomic mass is 10.2. The fraction of sp³-hybridized carbons (Fsp3) is 0.556. The van der Waals surface area contributed by atoms with E-state index in [0.29, 0.717) is 18.5 Å². The zero-order valence-corrected chi connectivity index (χ0v) is 12.2. The Kier molecular flexibility index (Phi) is 3.52. The number of hydrogen-bond donors (Lipinski definition) is 2. The third kappa shape index (κ3) is 2.44. The van der Waals surface area contributed by atoms with Crippen molar-refractivity contribution in [3.8, 4) is 0 Å². The number of nitrogens with one attached hydrogen (secondary N) is 1. The molecule has 2 aliphatic heterocycles. The Bertz CT molecular complexity index is 631. The second-order valence-corrected chi connectivity index (χ2v) is 9.48. The Morgan fingerprint density at radius 2 is 2.22 bits per heavy atom. The number of primary sulfonamides is 1. The average Bonchev–Trinajstić information content (AvgIpc) is 2.68. The van der Waals surface area contributed by atoms with Gasteiger partial charge in [0.15, 0.2) is 9.84 Å². The Labute approximate surface area is 111 Å². The van der Waals surface area contributed by atoms with E-state index in [2.05, 4.69) is 5.32 Å². The summed E-state index contributed by atoms with van der Waals surface area (Å²) in [7, 11) is -7.16. The SMILES string of the molecule is CCNC1=C2C=C(S(N)(=O)=O)SC2S(=O)(=O)CC1. The van der Waals surface area contributed by atoms with Gasteiger partial charge in [0, 0.05) is 24.2 Å². The molecule has 1 atom stereocenters. The molecule has 2 heterocycles. The first-order valence-corrected chi connectivity index (χ1v) is 9.49. The second-order valence-electron chi connectivity index (χ2n) is 4.04. The van der Waals surface area contributed by atoms with Crippen molar-refractivity contribution in [1.82, 2.24) is 5.32 Å². The number of sulfone groups is 1. The monoisotopic (exact) mass is 310 g/mol. The number of thioether (sulfide) groups is 1. The number of fused-ring (bicyclic) bond motifs is 1. The van der Waals surface area contributed by atoms with Gasteiger partial charge in [-0.25, -0.2) is 22.0 Å². The number of sulfonamides is 1. The predicted molar refractivity (Wildman–Crippen MR) is 71.7 cm³/mol. The van der Waals surface area contributed by atoms with Crippen LogP contribution in [-0.2, 0) is 19.9 Å². The van der Waals surface area contributed by atoms with Crippen molar-refractivity contribution in [3.05, 3.63) is 21.6 Å². The van der Waals surface area contributed by atoms with Crippen LogP contribution in [0.4, 0.5) is 0 Å². The summed E-state index contributed by atoms with van der Waals surface area (Å²) in [5.41, 5.74) is 1.32. The van der Waals surface area contributed by atoms with Crippen LogP contribution in [0.3, 0.4) is 0 Å². The Balaban J connectivity index is 2.51. The molecular weight excluding hydrogens is 296 g/mol. The molecule has 18 heavy (non-hydrogen) atoms. The van der Waals surface area contributed by atoms with Gasteiger partial charge in [-0.2, -0.15) is 0 Å². The number of hydrogen-bond acceptors (Lipinski definition) is 6. The van der Waals surface area contributed by atoms with Crippen LogP contribution in [0.2, 0.25) is 0 Å². The van der Waals surface area contributed by atoms with E-state index in [9.17, 15) is 16.8 Å². The average molecular weight is 310 g/mol. The van der Waals surface area contributed by atoms with Crippen LogP contribution >= 0.6 is 11.8 Å². The summed E-state index contributed by atoms with van der Waals surface area (Å²) in [6.45, 7) is 2.56. The zero-order valence-electron chi connectivity index (χ0n) is 9.71. The normalized spacial score (nSPS) is 26.8. The molecule has 9 heteroatoms. The molecule has 0 spiro atoms. The van der Waals surface area contributed by atoms with Crippen LogP contribution in [-0.4, -0.2) is 33.7 Å².